The van der Waals surface area contributed by atoms with Gasteiger partial charge in [0.05, 0.1) is 11.5 Å². The van der Waals surface area contributed by atoms with Crippen LogP contribution in [-0.2, 0) is 9.53 Å². The number of ether oxygens (including phenoxy) is 1. The number of thiophene rings is 1. The average molecular weight is 308 g/mol. The molecule has 21 heavy (non-hydrogen) atoms. The van der Waals surface area contributed by atoms with E-state index in [1.807, 2.05) is 17.5 Å². The zero-order valence-electron chi connectivity index (χ0n) is 11.6. The van der Waals surface area contributed by atoms with Crippen molar-refractivity contribution in [3.8, 4) is 10.6 Å². The van der Waals surface area contributed by atoms with Crippen LogP contribution in [0, 0.1) is 0 Å². The number of nitrogens with zero attached hydrogens (tertiary/aromatic N) is 1. The molecule has 2 aromatic heterocycles. The molecule has 0 aliphatic carbocycles. The lowest BCUT2D eigenvalue weighted by atomic mass is 10.3. The number of aromatic nitrogens is 1. The molecule has 0 bridgehead atoms. The van der Waals surface area contributed by atoms with E-state index in [0.29, 0.717) is 25.3 Å². The first-order valence-corrected chi connectivity index (χ1v) is 7.53. The molecule has 112 valence electrons. The molecule has 0 spiro atoms. The van der Waals surface area contributed by atoms with E-state index in [0.717, 1.165) is 4.88 Å². The molecule has 0 unspecified atom stereocenters. The highest BCUT2D eigenvalue weighted by atomic mass is 32.1. The monoisotopic (exact) mass is 308 g/mol. The first kappa shape index (κ1) is 15.2. The third-order valence-corrected chi connectivity index (χ3v) is 3.54. The highest BCUT2D eigenvalue weighted by Crippen LogP contribution is 2.24. The number of nitrogens with one attached hydrogen (secondary N) is 1. The van der Waals surface area contributed by atoms with Gasteiger partial charge < -0.3 is 14.6 Å². The van der Waals surface area contributed by atoms with Crippen LogP contribution in [0.5, 0.6) is 0 Å². The number of hydrogen-bond donors (Lipinski definition) is 1. The molecule has 6 nitrogen and oxygen atoms in total. The van der Waals surface area contributed by atoms with Gasteiger partial charge in [0.25, 0.3) is 5.91 Å². The van der Waals surface area contributed by atoms with E-state index in [4.69, 9.17) is 9.26 Å². The quantitative estimate of drug-likeness (QED) is 0.627. The zero-order chi connectivity index (χ0) is 15.1. The number of carbonyl (C=O) groups excluding carboxylic acids is 2. The van der Waals surface area contributed by atoms with Crippen molar-refractivity contribution in [2.75, 3.05) is 13.2 Å². The summed E-state index contributed by atoms with van der Waals surface area (Å²) >= 11 is 1.51. The second-order valence-electron chi connectivity index (χ2n) is 4.22. The van der Waals surface area contributed by atoms with Crippen molar-refractivity contribution in [2.24, 2.45) is 0 Å². The molecular weight excluding hydrogens is 292 g/mol. The Labute approximate surface area is 126 Å². The fourth-order valence-corrected chi connectivity index (χ4v) is 2.35. The van der Waals surface area contributed by atoms with Gasteiger partial charge in [-0.15, -0.1) is 11.3 Å². The summed E-state index contributed by atoms with van der Waals surface area (Å²) in [5, 5.41) is 8.36. The van der Waals surface area contributed by atoms with E-state index in [2.05, 4.69) is 10.5 Å². The molecule has 2 aromatic rings. The Morgan fingerprint density at radius 1 is 1.48 bits per heavy atom. The summed E-state index contributed by atoms with van der Waals surface area (Å²) in [4.78, 5) is 23.9. The van der Waals surface area contributed by atoms with Gasteiger partial charge in [0.1, 0.15) is 0 Å². The molecule has 0 aliphatic rings. The fourth-order valence-electron chi connectivity index (χ4n) is 1.68. The maximum absolute atomic E-state index is 11.9. The summed E-state index contributed by atoms with van der Waals surface area (Å²) < 4.78 is 9.93. The molecular formula is C14H16N2O4S. The molecule has 1 amide bonds. The lowest BCUT2D eigenvalue weighted by molar-refractivity contribution is -0.143. The van der Waals surface area contributed by atoms with Crippen LogP contribution >= 0.6 is 11.3 Å². The molecule has 1 N–H and O–H groups in total. The fraction of sp³-hybridized carbons (Fsp3) is 0.357. The van der Waals surface area contributed by atoms with Crippen LogP contribution in [-0.4, -0.2) is 30.2 Å². The predicted octanol–water partition coefficient (Wildman–Crippen LogP) is 2.48. The van der Waals surface area contributed by atoms with Crippen LogP contribution < -0.4 is 5.32 Å². The van der Waals surface area contributed by atoms with E-state index in [9.17, 15) is 9.59 Å². The highest BCUT2D eigenvalue weighted by molar-refractivity contribution is 7.13. The second-order valence-corrected chi connectivity index (χ2v) is 5.17. The van der Waals surface area contributed by atoms with Crippen molar-refractivity contribution >= 4 is 23.2 Å². The molecule has 0 aromatic carbocycles. The van der Waals surface area contributed by atoms with Gasteiger partial charge in [0.15, 0.2) is 11.5 Å². The van der Waals surface area contributed by atoms with Gasteiger partial charge in [-0.2, -0.15) is 0 Å². The minimum atomic E-state index is -0.314. The predicted molar refractivity (Wildman–Crippen MR) is 78.0 cm³/mol. The lowest BCUT2D eigenvalue weighted by Crippen LogP contribution is -2.25. The van der Waals surface area contributed by atoms with Crippen molar-refractivity contribution in [1.82, 2.24) is 10.5 Å². The molecule has 7 heteroatoms. The van der Waals surface area contributed by atoms with E-state index >= 15 is 0 Å². The second kappa shape index (κ2) is 7.58. The van der Waals surface area contributed by atoms with Crippen LogP contribution in [0.1, 0.15) is 30.3 Å². The number of hydrogen-bond acceptors (Lipinski definition) is 6. The summed E-state index contributed by atoms with van der Waals surface area (Å²) in [7, 11) is 0. The summed E-state index contributed by atoms with van der Waals surface area (Å²) in [5.41, 5.74) is 0.231. The minimum Gasteiger partial charge on any atom is -0.466 e. The molecule has 2 heterocycles. The summed E-state index contributed by atoms with van der Waals surface area (Å²) in [6.07, 6.45) is 0.813. The number of carbonyl (C=O) groups is 2. The van der Waals surface area contributed by atoms with Gasteiger partial charge in [-0.3, -0.25) is 9.59 Å². The van der Waals surface area contributed by atoms with Crippen LogP contribution in [0.2, 0.25) is 0 Å². The highest BCUT2D eigenvalue weighted by Gasteiger charge is 2.13. The Hall–Kier alpha value is -2.15. The number of rotatable bonds is 7. The van der Waals surface area contributed by atoms with E-state index in [1.54, 1.807) is 13.0 Å². The standard InChI is InChI=1S/C14H16N2O4S/c1-2-19-13(17)6-3-7-15-14(18)10-9-11(20-16-10)12-5-4-8-21-12/h4-5,8-9H,2-3,6-7H2,1H3,(H,15,18). The third-order valence-electron chi connectivity index (χ3n) is 2.66. The number of esters is 1. The Bertz CT molecular complexity index is 592. The lowest BCUT2D eigenvalue weighted by Gasteiger charge is -2.02. The third kappa shape index (κ3) is 4.42. The normalized spacial score (nSPS) is 10.3. The van der Waals surface area contributed by atoms with Gasteiger partial charge in [-0.1, -0.05) is 11.2 Å². The molecule has 0 aliphatic heterocycles. The van der Waals surface area contributed by atoms with Gasteiger partial charge in [0, 0.05) is 19.0 Å². The topological polar surface area (TPSA) is 81.4 Å². The molecule has 0 saturated heterocycles. The van der Waals surface area contributed by atoms with E-state index in [-0.39, 0.29) is 24.0 Å². The summed E-state index contributed by atoms with van der Waals surface area (Å²) in [5.74, 6) is 0.000236. The van der Waals surface area contributed by atoms with Gasteiger partial charge in [-0.25, -0.2) is 0 Å². The van der Waals surface area contributed by atoms with Crippen LogP contribution in [0.25, 0.3) is 10.6 Å². The molecule has 0 saturated carbocycles. The van der Waals surface area contributed by atoms with Crippen LogP contribution in [0.4, 0.5) is 0 Å². The van der Waals surface area contributed by atoms with Crippen molar-refractivity contribution in [3.63, 3.8) is 0 Å². The van der Waals surface area contributed by atoms with E-state index in [1.165, 1.54) is 11.3 Å². The first-order valence-electron chi connectivity index (χ1n) is 6.65. The van der Waals surface area contributed by atoms with Crippen molar-refractivity contribution < 1.29 is 18.8 Å². The van der Waals surface area contributed by atoms with Gasteiger partial charge in [0.2, 0.25) is 0 Å². The van der Waals surface area contributed by atoms with Crippen LogP contribution in [0.3, 0.4) is 0 Å². The van der Waals surface area contributed by atoms with Gasteiger partial charge in [-0.05, 0) is 24.8 Å². The minimum absolute atomic E-state index is 0.231. The SMILES string of the molecule is CCOC(=O)CCCNC(=O)c1cc(-c2cccs2)on1. The Morgan fingerprint density at radius 3 is 3.05 bits per heavy atom. The Morgan fingerprint density at radius 2 is 2.33 bits per heavy atom. The molecule has 0 atom stereocenters. The summed E-state index contributed by atoms with van der Waals surface area (Å²) in [6.45, 7) is 2.52. The smallest absolute Gasteiger partial charge is 0.305 e. The largest absolute Gasteiger partial charge is 0.466 e. The Kier molecular flexibility index (Phi) is 5.51. The van der Waals surface area contributed by atoms with Crippen molar-refractivity contribution in [1.29, 1.82) is 0 Å². The number of amides is 1. The van der Waals surface area contributed by atoms with E-state index < -0.39 is 0 Å². The molecule has 0 fully saturated rings. The first-order chi connectivity index (χ1) is 10.2. The molecule has 2 rings (SSSR count). The zero-order valence-corrected chi connectivity index (χ0v) is 12.4. The summed E-state index contributed by atoms with van der Waals surface area (Å²) in [6, 6.07) is 5.40. The average Bonchev–Trinajstić information content (AvgIpc) is 3.13. The maximum Gasteiger partial charge on any atom is 0.305 e. The maximum atomic E-state index is 11.9. The van der Waals surface area contributed by atoms with Crippen molar-refractivity contribution in [3.05, 3.63) is 29.3 Å². The molecule has 0 radical (unpaired) electrons. The van der Waals surface area contributed by atoms with Crippen molar-refractivity contribution in [2.45, 2.75) is 19.8 Å². The van der Waals surface area contributed by atoms with Crippen LogP contribution in [0.15, 0.2) is 28.1 Å². The van der Waals surface area contributed by atoms with Gasteiger partial charge >= 0.3 is 5.97 Å². The Balaban J connectivity index is 1.78.